The molecule has 0 unspecified atom stereocenters. The van der Waals surface area contributed by atoms with Crippen molar-refractivity contribution < 1.29 is 8.42 Å². The number of sulfonamides is 1. The smallest absolute Gasteiger partial charge is 0.264 e. The second-order valence-corrected chi connectivity index (χ2v) is 9.76. The lowest BCUT2D eigenvalue weighted by Gasteiger charge is -2.12. The zero-order chi connectivity index (χ0) is 17.2. The average Bonchev–Trinajstić information content (AvgIpc) is 2.90. The molecule has 3 rings (SSSR count). The molecule has 0 atom stereocenters. The van der Waals surface area contributed by atoms with Crippen LogP contribution in [-0.2, 0) is 10.0 Å². The van der Waals surface area contributed by atoms with Gasteiger partial charge in [-0.3, -0.25) is 4.72 Å². The molecule has 0 aliphatic carbocycles. The Bertz CT molecular complexity index is 956. The summed E-state index contributed by atoms with van der Waals surface area (Å²) in [4.78, 5) is 1.80. The van der Waals surface area contributed by atoms with Crippen molar-refractivity contribution in [2.24, 2.45) is 0 Å². The van der Waals surface area contributed by atoms with E-state index in [9.17, 15) is 8.42 Å². The monoisotopic (exact) mass is 415 g/mol. The predicted molar refractivity (Wildman–Crippen MR) is 102 cm³/mol. The highest BCUT2D eigenvalue weighted by Gasteiger charge is 2.22. The van der Waals surface area contributed by atoms with E-state index in [-0.39, 0.29) is 9.23 Å². The van der Waals surface area contributed by atoms with Crippen molar-refractivity contribution in [1.29, 1.82) is 0 Å². The lowest BCUT2D eigenvalue weighted by Crippen LogP contribution is -2.13. The summed E-state index contributed by atoms with van der Waals surface area (Å²) in [7, 11) is -3.81. The lowest BCUT2D eigenvalue weighted by molar-refractivity contribution is 0.601. The zero-order valence-corrected chi connectivity index (χ0v) is 16.0. The maximum absolute atomic E-state index is 12.6. The molecule has 2 aromatic carbocycles. The van der Waals surface area contributed by atoms with Gasteiger partial charge in [0.1, 0.15) is 9.23 Å². The van der Waals surface area contributed by atoms with Crippen LogP contribution in [0.5, 0.6) is 0 Å². The quantitative estimate of drug-likeness (QED) is 0.554. The number of anilines is 1. The number of benzene rings is 2. The van der Waals surface area contributed by atoms with Crippen molar-refractivity contribution >= 4 is 62.0 Å². The maximum atomic E-state index is 12.6. The highest BCUT2D eigenvalue weighted by Crippen LogP contribution is 2.37. The number of rotatable bonds is 5. The fraction of sp³-hybridized carbons (Fsp3) is 0. The standard InChI is InChI=1S/C16H11Cl2NO2S3/c17-15-10-14(16(18)23-15)24(20,21)19-12-8-4-5-9-13(12)22-11-6-2-1-3-7-11/h1-10,19H. The molecule has 3 nitrogen and oxygen atoms in total. The zero-order valence-electron chi connectivity index (χ0n) is 12.1. The minimum atomic E-state index is -3.81. The molecule has 8 heteroatoms. The molecule has 1 N–H and O–H groups in total. The fourth-order valence-electron chi connectivity index (χ4n) is 1.96. The van der Waals surface area contributed by atoms with Gasteiger partial charge in [-0.15, -0.1) is 11.3 Å². The summed E-state index contributed by atoms with van der Waals surface area (Å²) in [6.45, 7) is 0. The summed E-state index contributed by atoms with van der Waals surface area (Å²) in [6.07, 6.45) is 0. The van der Waals surface area contributed by atoms with Gasteiger partial charge in [-0.2, -0.15) is 0 Å². The van der Waals surface area contributed by atoms with Crippen LogP contribution < -0.4 is 4.72 Å². The van der Waals surface area contributed by atoms with Crippen LogP contribution in [0.4, 0.5) is 5.69 Å². The van der Waals surface area contributed by atoms with E-state index in [2.05, 4.69) is 4.72 Å². The molecule has 0 amide bonds. The lowest BCUT2D eigenvalue weighted by atomic mass is 10.3. The van der Waals surface area contributed by atoms with Crippen LogP contribution in [0, 0.1) is 0 Å². The van der Waals surface area contributed by atoms with Gasteiger partial charge in [-0.1, -0.05) is 65.3 Å². The summed E-state index contributed by atoms with van der Waals surface area (Å²) in [5.74, 6) is 0. The van der Waals surface area contributed by atoms with Crippen molar-refractivity contribution in [3.8, 4) is 0 Å². The van der Waals surface area contributed by atoms with Crippen LogP contribution in [-0.4, -0.2) is 8.42 Å². The molecule has 0 radical (unpaired) electrons. The van der Waals surface area contributed by atoms with Gasteiger partial charge >= 0.3 is 0 Å². The number of nitrogens with one attached hydrogen (secondary N) is 1. The number of hydrogen-bond donors (Lipinski definition) is 1. The Morgan fingerprint density at radius 1 is 0.958 bits per heavy atom. The van der Waals surface area contributed by atoms with Gasteiger partial charge in [0, 0.05) is 9.79 Å². The van der Waals surface area contributed by atoms with Gasteiger partial charge in [-0.05, 0) is 30.3 Å². The second kappa shape index (κ2) is 7.37. The first-order valence-electron chi connectivity index (χ1n) is 6.75. The molecular formula is C16H11Cl2NO2S3. The van der Waals surface area contributed by atoms with Crippen molar-refractivity contribution in [2.45, 2.75) is 14.7 Å². The SMILES string of the molecule is O=S(=O)(Nc1ccccc1Sc1ccccc1)c1cc(Cl)sc1Cl. The van der Waals surface area contributed by atoms with Gasteiger partial charge in [0.15, 0.2) is 0 Å². The summed E-state index contributed by atoms with van der Waals surface area (Å²) < 4.78 is 28.2. The first kappa shape index (κ1) is 17.6. The van der Waals surface area contributed by atoms with E-state index in [1.54, 1.807) is 12.1 Å². The van der Waals surface area contributed by atoms with E-state index in [0.29, 0.717) is 10.0 Å². The Balaban J connectivity index is 1.92. The van der Waals surface area contributed by atoms with E-state index >= 15 is 0 Å². The topological polar surface area (TPSA) is 46.2 Å². The van der Waals surface area contributed by atoms with Gasteiger partial charge in [0.25, 0.3) is 10.0 Å². The van der Waals surface area contributed by atoms with E-state index in [0.717, 1.165) is 21.1 Å². The molecule has 0 spiro atoms. The molecule has 0 saturated heterocycles. The first-order chi connectivity index (χ1) is 11.5. The van der Waals surface area contributed by atoms with Crippen LogP contribution in [0.3, 0.4) is 0 Å². The largest absolute Gasteiger partial charge is 0.278 e. The molecule has 0 aliphatic rings. The number of hydrogen-bond acceptors (Lipinski definition) is 4. The summed E-state index contributed by atoms with van der Waals surface area (Å²) in [5.41, 5.74) is 0.491. The Morgan fingerprint density at radius 3 is 2.29 bits per heavy atom. The number of halogens is 2. The minimum absolute atomic E-state index is 0.0151. The highest BCUT2D eigenvalue weighted by atomic mass is 35.5. The highest BCUT2D eigenvalue weighted by molar-refractivity contribution is 7.99. The van der Waals surface area contributed by atoms with Crippen molar-refractivity contribution in [3.63, 3.8) is 0 Å². The van der Waals surface area contributed by atoms with Gasteiger partial charge < -0.3 is 0 Å². The van der Waals surface area contributed by atoms with Crippen LogP contribution >= 0.6 is 46.3 Å². The molecule has 24 heavy (non-hydrogen) atoms. The van der Waals surface area contributed by atoms with Crippen molar-refractivity contribution in [2.75, 3.05) is 4.72 Å². The van der Waals surface area contributed by atoms with Gasteiger partial charge in [0.05, 0.1) is 10.0 Å². The normalized spacial score (nSPS) is 11.4. The van der Waals surface area contributed by atoms with E-state index in [1.807, 2.05) is 42.5 Å². The van der Waals surface area contributed by atoms with Crippen molar-refractivity contribution in [1.82, 2.24) is 0 Å². The third-order valence-corrected chi connectivity index (χ3v) is 7.22. The van der Waals surface area contributed by atoms with E-state index in [1.165, 1.54) is 17.8 Å². The molecular weight excluding hydrogens is 405 g/mol. The van der Waals surface area contributed by atoms with Gasteiger partial charge in [-0.25, -0.2) is 8.42 Å². The number of para-hydroxylation sites is 1. The molecule has 124 valence electrons. The van der Waals surface area contributed by atoms with E-state index < -0.39 is 10.0 Å². The molecule has 1 heterocycles. The van der Waals surface area contributed by atoms with Gasteiger partial charge in [0.2, 0.25) is 0 Å². The first-order valence-corrected chi connectivity index (χ1v) is 10.6. The summed E-state index contributed by atoms with van der Waals surface area (Å²) >= 11 is 14.3. The van der Waals surface area contributed by atoms with Crippen LogP contribution in [0.15, 0.2) is 75.4 Å². The second-order valence-electron chi connectivity index (χ2n) is 4.71. The summed E-state index contributed by atoms with van der Waals surface area (Å²) in [6, 6.07) is 18.3. The Kier molecular flexibility index (Phi) is 5.42. The molecule has 0 bridgehead atoms. The molecule has 0 saturated carbocycles. The summed E-state index contributed by atoms with van der Waals surface area (Å²) in [5, 5.41) is 0. The Morgan fingerprint density at radius 2 is 1.62 bits per heavy atom. The van der Waals surface area contributed by atoms with Crippen LogP contribution in [0.1, 0.15) is 0 Å². The van der Waals surface area contributed by atoms with Crippen LogP contribution in [0.25, 0.3) is 0 Å². The molecule has 1 aromatic heterocycles. The molecule has 0 fully saturated rings. The van der Waals surface area contributed by atoms with E-state index in [4.69, 9.17) is 23.2 Å². The minimum Gasteiger partial charge on any atom is -0.278 e. The predicted octanol–water partition coefficient (Wildman–Crippen LogP) is 6.01. The number of thiophene rings is 1. The maximum Gasteiger partial charge on any atom is 0.264 e. The fourth-order valence-corrected chi connectivity index (χ4v) is 6.18. The third kappa shape index (κ3) is 4.07. The Hall–Kier alpha value is -1.18. The third-order valence-electron chi connectivity index (χ3n) is 3.02. The van der Waals surface area contributed by atoms with Crippen molar-refractivity contribution in [3.05, 3.63) is 69.3 Å². The average molecular weight is 416 g/mol. The Labute approximate surface area is 158 Å². The van der Waals surface area contributed by atoms with Crippen LogP contribution in [0.2, 0.25) is 8.67 Å². The molecule has 0 aliphatic heterocycles. The molecule has 3 aromatic rings.